The van der Waals surface area contributed by atoms with Crippen LogP contribution in [0.2, 0.25) is 0 Å². The summed E-state index contributed by atoms with van der Waals surface area (Å²) in [5.41, 5.74) is 1.36. The van der Waals surface area contributed by atoms with Crippen molar-refractivity contribution in [2.24, 2.45) is 22.2 Å². The van der Waals surface area contributed by atoms with E-state index in [0.717, 1.165) is 0 Å². The Labute approximate surface area is 101 Å². The van der Waals surface area contributed by atoms with Crippen molar-refractivity contribution in [3.05, 3.63) is 0 Å². The molecule has 0 aliphatic heterocycles. The van der Waals surface area contributed by atoms with Crippen LogP contribution < -0.4 is 0 Å². The average molecular weight is 218 g/mol. The first kappa shape index (κ1) is 12.0. The van der Waals surface area contributed by atoms with Crippen molar-refractivity contribution in [2.75, 3.05) is 0 Å². The van der Waals surface area contributed by atoms with Gasteiger partial charge in [0.1, 0.15) is 0 Å². The zero-order chi connectivity index (χ0) is 12.0. The SMILES string of the molecule is C#C[C@@H]1C[C@]2(C)CCCC[C@]2(C)CC1(C)C. The second-order valence-electron chi connectivity index (χ2n) is 7.42. The molecular formula is C16H26. The van der Waals surface area contributed by atoms with Crippen LogP contribution in [0.25, 0.3) is 0 Å². The van der Waals surface area contributed by atoms with Gasteiger partial charge in [-0.15, -0.1) is 12.3 Å². The molecule has 0 spiro atoms. The molecule has 0 radical (unpaired) electrons. The molecule has 2 rings (SSSR count). The summed E-state index contributed by atoms with van der Waals surface area (Å²) in [7, 11) is 0. The van der Waals surface area contributed by atoms with Crippen molar-refractivity contribution in [1.82, 2.24) is 0 Å². The molecule has 0 amide bonds. The Bertz CT molecular complexity index is 319. The Morgan fingerprint density at radius 2 is 1.56 bits per heavy atom. The predicted molar refractivity (Wildman–Crippen MR) is 70.0 cm³/mol. The summed E-state index contributed by atoms with van der Waals surface area (Å²) in [6.07, 6.45) is 13.9. The minimum atomic E-state index is 0.334. The normalized spacial score (nSPS) is 46.8. The van der Waals surface area contributed by atoms with E-state index in [1.807, 2.05) is 0 Å². The van der Waals surface area contributed by atoms with Crippen molar-refractivity contribution in [3.63, 3.8) is 0 Å². The van der Waals surface area contributed by atoms with E-state index in [2.05, 4.69) is 33.6 Å². The molecule has 3 atom stereocenters. The summed E-state index contributed by atoms with van der Waals surface area (Å²) in [5, 5.41) is 0. The Morgan fingerprint density at radius 1 is 1.00 bits per heavy atom. The molecule has 0 unspecified atom stereocenters. The molecular weight excluding hydrogens is 192 g/mol. The first-order chi connectivity index (χ1) is 7.33. The molecule has 90 valence electrons. The van der Waals surface area contributed by atoms with Crippen molar-refractivity contribution in [1.29, 1.82) is 0 Å². The summed E-state index contributed by atoms with van der Waals surface area (Å²) in [6, 6.07) is 0. The van der Waals surface area contributed by atoms with E-state index >= 15 is 0 Å². The highest BCUT2D eigenvalue weighted by Crippen LogP contribution is 2.64. The summed E-state index contributed by atoms with van der Waals surface area (Å²) in [5.74, 6) is 3.55. The lowest BCUT2D eigenvalue weighted by molar-refractivity contribution is -0.0909. The van der Waals surface area contributed by atoms with E-state index in [-0.39, 0.29) is 0 Å². The molecule has 2 fully saturated rings. The maximum atomic E-state index is 5.75. The van der Waals surface area contributed by atoms with Gasteiger partial charge in [0.05, 0.1) is 0 Å². The lowest BCUT2D eigenvalue weighted by Gasteiger charge is -2.60. The number of hydrogen-bond donors (Lipinski definition) is 0. The van der Waals surface area contributed by atoms with Crippen molar-refractivity contribution in [3.8, 4) is 12.3 Å². The van der Waals surface area contributed by atoms with Crippen LogP contribution >= 0.6 is 0 Å². The molecule has 0 aromatic heterocycles. The molecule has 2 aliphatic carbocycles. The van der Waals surface area contributed by atoms with Gasteiger partial charge in [-0.3, -0.25) is 0 Å². The molecule has 0 bridgehead atoms. The summed E-state index contributed by atoms with van der Waals surface area (Å²) < 4.78 is 0. The van der Waals surface area contributed by atoms with Crippen LogP contribution in [-0.4, -0.2) is 0 Å². The maximum Gasteiger partial charge on any atom is 0.0256 e. The van der Waals surface area contributed by atoms with Gasteiger partial charge in [-0.1, -0.05) is 40.5 Å². The fourth-order valence-electron chi connectivity index (χ4n) is 4.42. The van der Waals surface area contributed by atoms with E-state index in [9.17, 15) is 0 Å². The van der Waals surface area contributed by atoms with E-state index in [0.29, 0.717) is 22.2 Å². The number of hydrogen-bond acceptors (Lipinski definition) is 0. The zero-order valence-corrected chi connectivity index (χ0v) is 11.4. The second kappa shape index (κ2) is 3.52. The van der Waals surface area contributed by atoms with Crippen molar-refractivity contribution in [2.45, 2.75) is 66.2 Å². The van der Waals surface area contributed by atoms with Crippen molar-refractivity contribution >= 4 is 0 Å². The lowest BCUT2D eigenvalue weighted by Crippen LogP contribution is -2.51. The van der Waals surface area contributed by atoms with Gasteiger partial charge in [-0.25, -0.2) is 0 Å². The number of rotatable bonds is 0. The number of terminal acetylenes is 1. The van der Waals surface area contributed by atoms with Gasteiger partial charge in [0.25, 0.3) is 0 Å². The van der Waals surface area contributed by atoms with Gasteiger partial charge >= 0.3 is 0 Å². The fourth-order valence-corrected chi connectivity index (χ4v) is 4.42. The third kappa shape index (κ3) is 1.60. The minimum absolute atomic E-state index is 0.334. The standard InChI is InChI=1S/C16H26/c1-6-13-11-15(4)9-7-8-10-16(15,5)12-14(13,2)3/h1,13H,7-12H2,2-5H3/t13-,15+,16-/m1/s1. The topological polar surface area (TPSA) is 0 Å². The van der Waals surface area contributed by atoms with Crippen LogP contribution in [0.1, 0.15) is 66.2 Å². The molecule has 0 saturated heterocycles. The summed E-state index contributed by atoms with van der Waals surface area (Å²) >= 11 is 0. The highest BCUT2D eigenvalue weighted by Gasteiger charge is 2.54. The Kier molecular flexibility index (Phi) is 2.65. The van der Waals surface area contributed by atoms with Gasteiger partial charge < -0.3 is 0 Å². The number of fused-ring (bicyclic) bond motifs is 1. The molecule has 16 heavy (non-hydrogen) atoms. The van der Waals surface area contributed by atoms with Gasteiger partial charge in [0.2, 0.25) is 0 Å². The molecule has 0 nitrogen and oxygen atoms in total. The summed E-state index contributed by atoms with van der Waals surface area (Å²) in [4.78, 5) is 0. The molecule has 0 N–H and O–H groups in total. The van der Waals surface area contributed by atoms with Crippen LogP contribution in [0.15, 0.2) is 0 Å². The third-order valence-electron chi connectivity index (χ3n) is 5.81. The van der Waals surface area contributed by atoms with Crippen LogP contribution in [-0.2, 0) is 0 Å². The first-order valence-corrected chi connectivity index (χ1v) is 6.79. The van der Waals surface area contributed by atoms with Crippen LogP contribution in [0.3, 0.4) is 0 Å². The van der Waals surface area contributed by atoms with Crippen LogP contribution in [0, 0.1) is 34.5 Å². The fraction of sp³-hybridized carbons (Fsp3) is 0.875. The Morgan fingerprint density at radius 3 is 2.12 bits per heavy atom. The maximum absolute atomic E-state index is 5.75. The highest BCUT2D eigenvalue weighted by atomic mass is 14.6. The molecule has 0 aromatic carbocycles. The molecule has 0 aromatic rings. The quantitative estimate of drug-likeness (QED) is 0.519. The molecule has 0 heteroatoms. The van der Waals surface area contributed by atoms with E-state index < -0.39 is 0 Å². The third-order valence-corrected chi connectivity index (χ3v) is 5.81. The molecule has 0 heterocycles. The average Bonchev–Trinajstić information content (AvgIpc) is 2.17. The van der Waals surface area contributed by atoms with E-state index in [1.165, 1.54) is 38.5 Å². The lowest BCUT2D eigenvalue weighted by atomic mass is 9.45. The minimum Gasteiger partial charge on any atom is -0.120 e. The predicted octanol–water partition coefficient (Wildman–Crippen LogP) is 4.64. The van der Waals surface area contributed by atoms with Gasteiger partial charge in [-0.05, 0) is 41.9 Å². The summed E-state index contributed by atoms with van der Waals surface area (Å²) in [6.45, 7) is 9.75. The van der Waals surface area contributed by atoms with Gasteiger partial charge in [0.15, 0.2) is 0 Å². The van der Waals surface area contributed by atoms with Gasteiger partial charge in [-0.2, -0.15) is 0 Å². The van der Waals surface area contributed by atoms with Crippen LogP contribution in [0.5, 0.6) is 0 Å². The smallest absolute Gasteiger partial charge is 0.0256 e. The van der Waals surface area contributed by atoms with E-state index in [1.54, 1.807) is 0 Å². The first-order valence-electron chi connectivity index (χ1n) is 6.79. The highest BCUT2D eigenvalue weighted by molar-refractivity contribution is 5.12. The van der Waals surface area contributed by atoms with Gasteiger partial charge in [0, 0.05) is 5.92 Å². The largest absolute Gasteiger partial charge is 0.120 e. The monoisotopic (exact) mass is 218 g/mol. The molecule has 2 aliphatic rings. The van der Waals surface area contributed by atoms with E-state index in [4.69, 9.17) is 6.42 Å². The second-order valence-corrected chi connectivity index (χ2v) is 7.42. The Balaban J connectivity index is 2.33. The molecule has 2 saturated carbocycles. The Hall–Kier alpha value is -0.440. The van der Waals surface area contributed by atoms with Crippen LogP contribution in [0.4, 0.5) is 0 Å². The zero-order valence-electron chi connectivity index (χ0n) is 11.4. The van der Waals surface area contributed by atoms with Crippen molar-refractivity contribution < 1.29 is 0 Å².